The Kier molecular flexibility index (Phi) is 5.31. The van der Waals surface area contributed by atoms with Crippen molar-refractivity contribution in [2.75, 3.05) is 32.0 Å². The second-order valence-electron chi connectivity index (χ2n) is 3.74. The van der Waals surface area contributed by atoms with Crippen LogP contribution >= 0.6 is 0 Å². The Bertz CT molecular complexity index is 394. The van der Waals surface area contributed by atoms with E-state index in [1.54, 1.807) is 18.2 Å². The first-order valence-electron chi connectivity index (χ1n) is 5.86. The predicted molar refractivity (Wildman–Crippen MR) is 68.9 cm³/mol. The van der Waals surface area contributed by atoms with Gasteiger partial charge >= 0.3 is 0 Å². The van der Waals surface area contributed by atoms with Gasteiger partial charge in [0.15, 0.2) is 0 Å². The van der Waals surface area contributed by atoms with Gasteiger partial charge in [-0.15, -0.1) is 0 Å². The Balaban J connectivity index is 2.50. The lowest BCUT2D eigenvalue weighted by Crippen LogP contribution is -2.28. The van der Waals surface area contributed by atoms with Crippen molar-refractivity contribution in [2.24, 2.45) is 0 Å². The molecule has 4 nitrogen and oxygen atoms in total. The van der Waals surface area contributed by atoms with Crippen LogP contribution in [0, 0.1) is 11.3 Å². The van der Waals surface area contributed by atoms with Gasteiger partial charge in [-0.3, -0.25) is 0 Å². The van der Waals surface area contributed by atoms with Crippen molar-refractivity contribution in [3.05, 3.63) is 23.8 Å². The third kappa shape index (κ3) is 3.97. The van der Waals surface area contributed by atoms with Crippen molar-refractivity contribution in [1.29, 1.82) is 5.26 Å². The van der Waals surface area contributed by atoms with Crippen LogP contribution in [0.1, 0.15) is 19.4 Å². The highest BCUT2D eigenvalue weighted by Gasteiger charge is 2.03. The number of ether oxygens (including phenoxy) is 1. The van der Waals surface area contributed by atoms with Crippen LogP contribution in [-0.2, 0) is 0 Å². The van der Waals surface area contributed by atoms with Crippen molar-refractivity contribution in [2.45, 2.75) is 13.8 Å². The molecule has 0 heterocycles. The van der Waals surface area contributed by atoms with Gasteiger partial charge in [0.05, 0.1) is 17.3 Å². The average Bonchev–Trinajstić information content (AvgIpc) is 2.36. The first-order chi connectivity index (χ1) is 8.21. The van der Waals surface area contributed by atoms with Gasteiger partial charge < -0.3 is 15.4 Å². The highest BCUT2D eigenvalue weighted by atomic mass is 16.5. The second kappa shape index (κ2) is 6.77. The van der Waals surface area contributed by atoms with Crippen LogP contribution < -0.4 is 10.5 Å². The molecule has 0 saturated carbocycles. The zero-order valence-electron chi connectivity index (χ0n) is 10.4. The zero-order chi connectivity index (χ0) is 12.7. The summed E-state index contributed by atoms with van der Waals surface area (Å²) in [4.78, 5) is 2.28. The van der Waals surface area contributed by atoms with Gasteiger partial charge in [-0.05, 0) is 31.3 Å². The van der Waals surface area contributed by atoms with E-state index >= 15 is 0 Å². The van der Waals surface area contributed by atoms with Crippen LogP contribution in [0.3, 0.4) is 0 Å². The molecule has 0 fully saturated rings. The topological polar surface area (TPSA) is 62.3 Å². The highest BCUT2D eigenvalue weighted by Crippen LogP contribution is 2.21. The van der Waals surface area contributed by atoms with Gasteiger partial charge in [0.1, 0.15) is 12.4 Å². The minimum Gasteiger partial charge on any atom is -0.490 e. The molecule has 2 N–H and O–H groups in total. The maximum Gasteiger partial charge on any atom is 0.142 e. The summed E-state index contributed by atoms with van der Waals surface area (Å²) in [6, 6.07) is 7.13. The van der Waals surface area contributed by atoms with Gasteiger partial charge in [0.2, 0.25) is 0 Å². The van der Waals surface area contributed by atoms with Crippen LogP contribution in [-0.4, -0.2) is 31.1 Å². The van der Waals surface area contributed by atoms with E-state index < -0.39 is 0 Å². The molecule has 0 unspecified atom stereocenters. The Morgan fingerprint density at radius 2 is 2.06 bits per heavy atom. The van der Waals surface area contributed by atoms with Crippen LogP contribution in [0.4, 0.5) is 5.69 Å². The Hall–Kier alpha value is -1.73. The van der Waals surface area contributed by atoms with E-state index in [1.807, 2.05) is 6.07 Å². The number of rotatable bonds is 6. The standard InChI is InChI=1S/C13H19N3O/c1-3-16(4-2)7-8-17-13-6-5-11(10-14)9-12(13)15/h5-6,9H,3-4,7-8,15H2,1-2H3. The molecule has 0 aliphatic carbocycles. The molecule has 17 heavy (non-hydrogen) atoms. The number of likely N-dealkylation sites (N-methyl/N-ethyl adjacent to an activating group) is 1. The predicted octanol–water partition coefficient (Wildman–Crippen LogP) is 1.86. The fourth-order valence-corrected chi connectivity index (χ4v) is 1.57. The second-order valence-corrected chi connectivity index (χ2v) is 3.74. The number of nitriles is 1. The third-order valence-corrected chi connectivity index (χ3v) is 2.70. The summed E-state index contributed by atoms with van der Waals surface area (Å²) in [6.45, 7) is 7.77. The summed E-state index contributed by atoms with van der Waals surface area (Å²) in [7, 11) is 0. The molecule has 1 aromatic carbocycles. The Morgan fingerprint density at radius 3 is 2.59 bits per heavy atom. The molecule has 0 aromatic heterocycles. The minimum atomic E-state index is 0.517. The third-order valence-electron chi connectivity index (χ3n) is 2.70. The fraction of sp³-hybridized carbons (Fsp3) is 0.462. The lowest BCUT2D eigenvalue weighted by atomic mass is 10.2. The lowest BCUT2D eigenvalue weighted by Gasteiger charge is -2.18. The average molecular weight is 233 g/mol. The number of hydrogen-bond acceptors (Lipinski definition) is 4. The number of anilines is 1. The van der Waals surface area contributed by atoms with Crippen LogP contribution in [0.25, 0.3) is 0 Å². The summed E-state index contributed by atoms with van der Waals surface area (Å²) in [6.07, 6.45) is 0. The van der Waals surface area contributed by atoms with E-state index in [2.05, 4.69) is 18.7 Å². The smallest absolute Gasteiger partial charge is 0.142 e. The van der Waals surface area contributed by atoms with Gasteiger partial charge in [-0.1, -0.05) is 13.8 Å². The number of nitrogens with two attached hydrogens (primary N) is 1. The van der Waals surface area contributed by atoms with Gasteiger partial charge in [0, 0.05) is 6.54 Å². The molecule has 0 spiro atoms. The Labute approximate surface area is 103 Å². The maximum absolute atomic E-state index is 8.71. The van der Waals surface area contributed by atoms with E-state index in [-0.39, 0.29) is 0 Å². The summed E-state index contributed by atoms with van der Waals surface area (Å²) in [5, 5.41) is 8.71. The molecule has 1 aromatic rings. The van der Waals surface area contributed by atoms with Crippen molar-refractivity contribution < 1.29 is 4.74 Å². The molecule has 0 atom stereocenters. The number of nitrogen functional groups attached to an aromatic ring is 1. The molecule has 1 rings (SSSR count). The fourth-order valence-electron chi connectivity index (χ4n) is 1.57. The normalized spacial score (nSPS) is 10.2. The molecule has 0 aliphatic rings. The van der Waals surface area contributed by atoms with Crippen LogP contribution in [0.2, 0.25) is 0 Å². The summed E-state index contributed by atoms with van der Waals surface area (Å²) in [5.74, 6) is 0.649. The quantitative estimate of drug-likeness (QED) is 0.762. The van der Waals surface area contributed by atoms with Crippen LogP contribution in [0.5, 0.6) is 5.75 Å². The number of benzene rings is 1. The molecular formula is C13H19N3O. The summed E-state index contributed by atoms with van der Waals surface area (Å²) in [5.41, 5.74) is 6.86. The molecule has 92 valence electrons. The van der Waals surface area contributed by atoms with E-state index in [4.69, 9.17) is 15.7 Å². The zero-order valence-corrected chi connectivity index (χ0v) is 10.4. The maximum atomic E-state index is 8.71. The molecular weight excluding hydrogens is 214 g/mol. The van der Waals surface area contributed by atoms with Crippen molar-refractivity contribution in [3.8, 4) is 11.8 Å². The van der Waals surface area contributed by atoms with Crippen molar-refractivity contribution >= 4 is 5.69 Å². The first-order valence-corrected chi connectivity index (χ1v) is 5.86. The van der Waals surface area contributed by atoms with Gasteiger partial charge in [0.25, 0.3) is 0 Å². The largest absolute Gasteiger partial charge is 0.490 e. The monoisotopic (exact) mass is 233 g/mol. The molecule has 0 aliphatic heterocycles. The van der Waals surface area contributed by atoms with Gasteiger partial charge in [-0.25, -0.2) is 0 Å². The molecule has 0 amide bonds. The SMILES string of the molecule is CCN(CC)CCOc1ccc(C#N)cc1N. The molecule has 0 bridgehead atoms. The molecule has 0 radical (unpaired) electrons. The van der Waals surface area contributed by atoms with E-state index in [0.29, 0.717) is 23.6 Å². The highest BCUT2D eigenvalue weighted by molar-refractivity contribution is 5.56. The Morgan fingerprint density at radius 1 is 1.35 bits per heavy atom. The molecule has 0 saturated heterocycles. The number of hydrogen-bond donors (Lipinski definition) is 1. The minimum absolute atomic E-state index is 0.517. The van der Waals surface area contributed by atoms with E-state index in [9.17, 15) is 0 Å². The molecule has 4 heteroatoms. The number of nitrogens with zero attached hydrogens (tertiary/aromatic N) is 2. The van der Waals surface area contributed by atoms with Crippen molar-refractivity contribution in [1.82, 2.24) is 4.90 Å². The van der Waals surface area contributed by atoms with Gasteiger partial charge in [-0.2, -0.15) is 5.26 Å². The van der Waals surface area contributed by atoms with E-state index in [1.165, 1.54) is 0 Å². The summed E-state index contributed by atoms with van der Waals surface area (Å²) >= 11 is 0. The van der Waals surface area contributed by atoms with Crippen LogP contribution in [0.15, 0.2) is 18.2 Å². The van der Waals surface area contributed by atoms with Crippen molar-refractivity contribution in [3.63, 3.8) is 0 Å². The van der Waals surface area contributed by atoms with E-state index in [0.717, 1.165) is 19.6 Å². The first kappa shape index (κ1) is 13.3. The summed E-state index contributed by atoms with van der Waals surface area (Å²) < 4.78 is 5.59. The lowest BCUT2D eigenvalue weighted by molar-refractivity contribution is 0.223.